The number of hydrogen-bond acceptors (Lipinski definition) is 3. The molecule has 5 nitrogen and oxygen atoms in total. The molecule has 2 aromatic rings. The molecule has 0 bridgehead atoms. The summed E-state index contributed by atoms with van der Waals surface area (Å²) in [6.45, 7) is 0. The van der Waals surface area contributed by atoms with Gasteiger partial charge in [-0.1, -0.05) is 23.7 Å². The molecule has 0 spiro atoms. The van der Waals surface area contributed by atoms with Crippen molar-refractivity contribution in [2.45, 2.75) is 12.5 Å². The first-order valence-electron chi connectivity index (χ1n) is 6.69. The van der Waals surface area contributed by atoms with E-state index in [1.54, 1.807) is 24.3 Å². The molecule has 0 aliphatic heterocycles. The van der Waals surface area contributed by atoms with Crippen molar-refractivity contribution in [1.82, 2.24) is 0 Å². The average molecular weight is 337 g/mol. The number of aliphatic hydroxyl groups is 1. The van der Waals surface area contributed by atoms with Crippen molar-refractivity contribution in [1.29, 1.82) is 0 Å². The van der Waals surface area contributed by atoms with E-state index in [-0.39, 0.29) is 17.7 Å². The van der Waals surface area contributed by atoms with Crippen molar-refractivity contribution in [2.24, 2.45) is 5.73 Å². The van der Waals surface area contributed by atoms with Gasteiger partial charge in [0.1, 0.15) is 5.82 Å². The van der Waals surface area contributed by atoms with E-state index >= 15 is 0 Å². The van der Waals surface area contributed by atoms with Crippen LogP contribution in [0.1, 0.15) is 28.4 Å². The van der Waals surface area contributed by atoms with Gasteiger partial charge >= 0.3 is 0 Å². The summed E-state index contributed by atoms with van der Waals surface area (Å²) in [6, 6.07) is 9.97. The Bertz CT molecular complexity index is 735. The number of hydrogen-bond donors (Lipinski definition) is 3. The first kappa shape index (κ1) is 16.9. The van der Waals surface area contributed by atoms with Gasteiger partial charge in [0.25, 0.3) is 5.91 Å². The highest BCUT2D eigenvalue weighted by molar-refractivity contribution is 6.30. The third kappa shape index (κ3) is 4.51. The van der Waals surface area contributed by atoms with Crippen LogP contribution in [-0.4, -0.2) is 16.9 Å². The third-order valence-corrected chi connectivity index (χ3v) is 3.40. The number of nitrogens with two attached hydrogens (primary N) is 1. The number of amides is 2. The van der Waals surface area contributed by atoms with Gasteiger partial charge in [0, 0.05) is 10.7 Å². The van der Waals surface area contributed by atoms with E-state index < -0.39 is 23.7 Å². The summed E-state index contributed by atoms with van der Waals surface area (Å²) in [4.78, 5) is 22.8. The summed E-state index contributed by atoms with van der Waals surface area (Å²) in [5, 5.41) is 13.0. The minimum absolute atomic E-state index is 0.167. The number of rotatable bonds is 5. The summed E-state index contributed by atoms with van der Waals surface area (Å²) < 4.78 is 13.6. The smallest absolute Gasteiger partial charge is 0.251 e. The molecular formula is C16H14ClFN2O3. The predicted octanol–water partition coefficient (Wildman–Crippen LogP) is 2.64. The van der Waals surface area contributed by atoms with Crippen LogP contribution in [0.2, 0.25) is 5.02 Å². The van der Waals surface area contributed by atoms with Crippen molar-refractivity contribution in [2.75, 3.05) is 5.32 Å². The van der Waals surface area contributed by atoms with Crippen molar-refractivity contribution >= 4 is 29.1 Å². The standard InChI is InChI=1S/C16H14ClFN2O3/c17-10-3-1-9(2-4-10)14(21)8-15(22)20-11-5-6-12(16(19)23)13(18)7-11/h1-7,14,21H,8H2,(H2,19,23)(H,20,22). The number of primary amides is 1. The van der Waals surface area contributed by atoms with Crippen LogP contribution in [-0.2, 0) is 4.79 Å². The first-order valence-corrected chi connectivity index (χ1v) is 7.07. The monoisotopic (exact) mass is 336 g/mol. The zero-order valence-corrected chi connectivity index (χ0v) is 12.7. The van der Waals surface area contributed by atoms with Crippen molar-refractivity contribution in [3.8, 4) is 0 Å². The van der Waals surface area contributed by atoms with Crippen LogP contribution in [0.25, 0.3) is 0 Å². The number of aliphatic hydroxyl groups excluding tert-OH is 1. The van der Waals surface area contributed by atoms with Gasteiger partial charge in [-0.15, -0.1) is 0 Å². The zero-order valence-electron chi connectivity index (χ0n) is 11.9. The average Bonchev–Trinajstić information content (AvgIpc) is 2.47. The number of nitrogens with one attached hydrogen (secondary N) is 1. The fourth-order valence-electron chi connectivity index (χ4n) is 1.98. The number of carbonyl (C=O) groups excluding carboxylic acids is 2. The van der Waals surface area contributed by atoms with E-state index in [0.717, 1.165) is 6.07 Å². The van der Waals surface area contributed by atoms with Gasteiger partial charge in [0.2, 0.25) is 5.91 Å². The minimum atomic E-state index is -1.01. The molecule has 2 amide bonds. The molecule has 0 saturated heterocycles. The van der Waals surface area contributed by atoms with Gasteiger partial charge in [-0.2, -0.15) is 0 Å². The summed E-state index contributed by atoms with van der Waals surface area (Å²) in [7, 11) is 0. The molecule has 0 aliphatic rings. The molecule has 2 aromatic carbocycles. The molecule has 1 unspecified atom stereocenters. The van der Waals surface area contributed by atoms with Crippen LogP contribution in [0.5, 0.6) is 0 Å². The van der Waals surface area contributed by atoms with Gasteiger partial charge in [0.05, 0.1) is 18.1 Å². The summed E-state index contributed by atoms with van der Waals surface area (Å²) in [5.74, 6) is -2.22. The zero-order chi connectivity index (χ0) is 17.0. The topological polar surface area (TPSA) is 92.4 Å². The lowest BCUT2D eigenvalue weighted by Crippen LogP contribution is -2.17. The van der Waals surface area contributed by atoms with E-state index in [1.807, 2.05) is 0 Å². The minimum Gasteiger partial charge on any atom is -0.388 e. The lowest BCUT2D eigenvalue weighted by Gasteiger charge is -2.12. The van der Waals surface area contributed by atoms with Gasteiger partial charge in [-0.3, -0.25) is 9.59 Å². The van der Waals surface area contributed by atoms with Crippen molar-refractivity contribution < 1.29 is 19.1 Å². The first-order chi connectivity index (χ1) is 10.9. The molecule has 4 N–H and O–H groups in total. The second-order valence-corrected chi connectivity index (χ2v) is 5.31. The summed E-state index contributed by atoms with van der Waals surface area (Å²) >= 11 is 5.75. The molecular weight excluding hydrogens is 323 g/mol. The summed E-state index contributed by atoms with van der Waals surface area (Å²) in [5.41, 5.74) is 5.45. The van der Waals surface area contributed by atoms with Crippen LogP contribution in [0.4, 0.5) is 10.1 Å². The van der Waals surface area contributed by atoms with Gasteiger partial charge < -0.3 is 16.2 Å². The molecule has 120 valence electrons. The highest BCUT2D eigenvalue weighted by Gasteiger charge is 2.14. The van der Waals surface area contributed by atoms with Gasteiger partial charge in [-0.25, -0.2) is 4.39 Å². The SMILES string of the molecule is NC(=O)c1ccc(NC(=O)CC(O)c2ccc(Cl)cc2)cc1F. The van der Waals surface area contributed by atoms with Crippen LogP contribution in [0.15, 0.2) is 42.5 Å². The Balaban J connectivity index is 2.00. The Morgan fingerprint density at radius 2 is 1.87 bits per heavy atom. The molecule has 0 saturated carbocycles. The van der Waals surface area contributed by atoms with E-state index in [1.165, 1.54) is 12.1 Å². The maximum atomic E-state index is 13.6. The Morgan fingerprint density at radius 1 is 1.22 bits per heavy atom. The number of carbonyl (C=O) groups is 2. The molecule has 1 atom stereocenters. The lowest BCUT2D eigenvalue weighted by molar-refractivity contribution is -0.118. The van der Waals surface area contributed by atoms with E-state index in [4.69, 9.17) is 17.3 Å². The predicted molar refractivity (Wildman–Crippen MR) is 84.6 cm³/mol. The Hall–Kier alpha value is -2.44. The molecule has 0 aromatic heterocycles. The Kier molecular flexibility index (Phi) is 5.31. The second-order valence-electron chi connectivity index (χ2n) is 4.88. The second kappa shape index (κ2) is 7.21. The van der Waals surface area contributed by atoms with Crippen LogP contribution in [0, 0.1) is 5.82 Å². The van der Waals surface area contributed by atoms with E-state index in [9.17, 15) is 19.1 Å². The number of halogens is 2. The highest BCUT2D eigenvalue weighted by atomic mass is 35.5. The maximum absolute atomic E-state index is 13.6. The largest absolute Gasteiger partial charge is 0.388 e. The molecule has 2 rings (SSSR count). The fourth-order valence-corrected chi connectivity index (χ4v) is 2.11. The lowest BCUT2D eigenvalue weighted by atomic mass is 10.1. The third-order valence-electron chi connectivity index (χ3n) is 3.15. The van der Waals surface area contributed by atoms with Crippen LogP contribution >= 0.6 is 11.6 Å². The van der Waals surface area contributed by atoms with E-state index in [0.29, 0.717) is 10.6 Å². The van der Waals surface area contributed by atoms with Gasteiger partial charge in [0.15, 0.2) is 0 Å². The highest BCUT2D eigenvalue weighted by Crippen LogP contribution is 2.20. The summed E-state index contributed by atoms with van der Waals surface area (Å²) in [6.07, 6.45) is -1.22. The van der Waals surface area contributed by atoms with Crippen molar-refractivity contribution in [3.63, 3.8) is 0 Å². The van der Waals surface area contributed by atoms with E-state index in [2.05, 4.69) is 5.32 Å². The molecule has 23 heavy (non-hydrogen) atoms. The fraction of sp³-hybridized carbons (Fsp3) is 0.125. The number of benzene rings is 2. The molecule has 0 radical (unpaired) electrons. The Morgan fingerprint density at radius 3 is 2.43 bits per heavy atom. The molecule has 0 fully saturated rings. The van der Waals surface area contributed by atoms with Gasteiger partial charge in [-0.05, 0) is 35.9 Å². The van der Waals surface area contributed by atoms with Crippen molar-refractivity contribution in [3.05, 3.63) is 64.4 Å². The molecule has 0 aliphatic carbocycles. The molecule has 7 heteroatoms. The maximum Gasteiger partial charge on any atom is 0.251 e. The number of anilines is 1. The normalized spacial score (nSPS) is 11.8. The Labute approximate surface area is 136 Å². The van der Waals surface area contributed by atoms with Crippen LogP contribution in [0.3, 0.4) is 0 Å². The quantitative estimate of drug-likeness (QED) is 0.783. The van der Waals surface area contributed by atoms with Crippen LogP contribution < -0.4 is 11.1 Å². The molecule has 0 heterocycles.